The van der Waals surface area contributed by atoms with E-state index in [1.165, 1.54) is 19.1 Å². The predicted octanol–water partition coefficient (Wildman–Crippen LogP) is 2.18. The Hall–Kier alpha value is -0.980. The average molecular weight is 302 g/mol. The molecule has 114 valence electrons. The Bertz CT molecular complexity index is 559. The highest BCUT2D eigenvalue weighted by Gasteiger charge is 2.20. The number of nitrogens with one attached hydrogen (secondary N) is 2. The first kappa shape index (κ1) is 17.1. The molecule has 2 N–H and O–H groups in total. The summed E-state index contributed by atoms with van der Waals surface area (Å²) in [7, 11) is -1.95. The van der Waals surface area contributed by atoms with Crippen molar-refractivity contribution in [2.24, 2.45) is 5.92 Å². The normalized spacial score (nSPS) is 13.4. The zero-order valence-corrected chi connectivity index (χ0v) is 13.3. The van der Waals surface area contributed by atoms with E-state index in [0.29, 0.717) is 18.7 Å². The SMILES string of the molecule is CCC(C)CNS(=O)(=O)c1cc(CNC)cc(F)c1C. The van der Waals surface area contributed by atoms with Crippen molar-refractivity contribution in [3.8, 4) is 0 Å². The van der Waals surface area contributed by atoms with Crippen LogP contribution in [0.1, 0.15) is 31.4 Å². The van der Waals surface area contributed by atoms with Crippen molar-refractivity contribution in [1.82, 2.24) is 10.0 Å². The minimum atomic E-state index is -3.68. The van der Waals surface area contributed by atoms with Crippen LogP contribution in [0.3, 0.4) is 0 Å². The summed E-state index contributed by atoms with van der Waals surface area (Å²) in [6.45, 7) is 6.22. The molecule has 0 aliphatic rings. The second-order valence-corrected chi connectivity index (χ2v) is 6.83. The summed E-state index contributed by atoms with van der Waals surface area (Å²) in [5.41, 5.74) is 0.765. The lowest BCUT2D eigenvalue weighted by Gasteiger charge is -2.14. The summed E-state index contributed by atoms with van der Waals surface area (Å²) in [5, 5.41) is 2.89. The van der Waals surface area contributed by atoms with Crippen LogP contribution in [0.15, 0.2) is 17.0 Å². The lowest BCUT2D eigenvalue weighted by atomic mass is 10.1. The predicted molar refractivity (Wildman–Crippen MR) is 78.5 cm³/mol. The number of halogens is 1. The van der Waals surface area contributed by atoms with Crippen molar-refractivity contribution in [3.63, 3.8) is 0 Å². The van der Waals surface area contributed by atoms with Gasteiger partial charge in [-0.1, -0.05) is 20.3 Å². The van der Waals surface area contributed by atoms with Crippen molar-refractivity contribution in [1.29, 1.82) is 0 Å². The molecular formula is C14H23FN2O2S. The topological polar surface area (TPSA) is 58.2 Å². The molecule has 0 radical (unpaired) electrons. The number of benzene rings is 1. The summed E-state index contributed by atoms with van der Waals surface area (Å²) in [5.74, 6) is -0.253. The fourth-order valence-corrected chi connectivity index (χ4v) is 3.23. The van der Waals surface area contributed by atoms with Crippen LogP contribution >= 0.6 is 0 Å². The maximum atomic E-state index is 13.8. The van der Waals surface area contributed by atoms with Crippen molar-refractivity contribution in [2.45, 2.75) is 38.6 Å². The second kappa shape index (κ2) is 7.15. The lowest BCUT2D eigenvalue weighted by molar-refractivity contribution is 0.526. The molecule has 0 saturated heterocycles. The maximum Gasteiger partial charge on any atom is 0.240 e. The minimum absolute atomic E-state index is 0.0195. The quantitative estimate of drug-likeness (QED) is 0.811. The molecule has 0 saturated carbocycles. The summed E-state index contributed by atoms with van der Waals surface area (Å²) >= 11 is 0. The van der Waals surface area contributed by atoms with Crippen LogP contribution in [0, 0.1) is 18.7 Å². The molecule has 20 heavy (non-hydrogen) atoms. The van der Waals surface area contributed by atoms with Gasteiger partial charge in [0.2, 0.25) is 10.0 Å². The van der Waals surface area contributed by atoms with Crippen molar-refractivity contribution in [2.75, 3.05) is 13.6 Å². The molecule has 0 heterocycles. The van der Waals surface area contributed by atoms with E-state index in [0.717, 1.165) is 6.42 Å². The molecule has 1 aromatic rings. The molecule has 6 heteroatoms. The molecule has 4 nitrogen and oxygen atoms in total. The van der Waals surface area contributed by atoms with Gasteiger partial charge in [-0.2, -0.15) is 0 Å². The smallest absolute Gasteiger partial charge is 0.240 e. The van der Waals surface area contributed by atoms with Crippen LogP contribution in [0.4, 0.5) is 4.39 Å². The van der Waals surface area contributed by atoms with Gasteiger partial charge in [0.25, 0.3) is 0 Å². The van der Waals surface area contributed by atoms with Gasteiger partial charge in [0.15, 0.2) is 0 Å². The van der Waals surface area contributed by atoms with Crippen molar-refractivity contribution < 1.29 is 12.8 Å². The average Bonchev–Trinajstić information content (AvgIpc) is 2.40. The Kier molecular flexibility index (Phi) is 6.10. The van der Waals surface area contributed by atoms with Gasteiger partial charge in [0.05, 0.1) is 4.90 Å². The van der Waals surface area contributed by atoms with Crippen LogP contribution in [-0.4, -0.2) is 22.0 Å². The highest BCUT2D eigenvalue weighted by Crippen LogP contribution is 2.20. The van der Waals surface area contributed by atoms with Crippen LogP contribution in [0.5, 0.6) is 0 Å². The fraction of sp³-hybridized carbons (Fsp3) is 0.571. The van der Waals surface area contributed by atoms with Crippen LogP contribution in [0.2, 0.25) is 0 Å². The summed E-state index contributed by atoms with van der Waals surface area (Å²) in [4.78, 5) is 0.0195. The molecule has 0 aliphatic heterocycles. The van der Waals surface area contributed by atoms with E-state index in [9.17, 15) is 12.8 Å². The molecule has 0 aliphatic carbocycles. The molecule has 0 fully saturated rings. The Morgan fingerprint density at radius 2 is 2.00 bits per heavy atom. The van der Waals surface area contributed by atoms with E-state index >= 15 is 0 Å². The standard InChI is InChI=1S/C14H23FN2O2S/c1-5-10(2)8-17-20(18,19)14-7-12(9-16-4)6-13(15)11(14)3/h6-7,10,16-17H,5,8-9H2,1-4H3. The first-order chi connectivity index (χ1) is 9.31. The van der Waals surface area contributed by atoms with Gasteiger partial charge in [-0.05, 0) is 37.6 Å². The molecular weight excluding hydrogens is 279 g/mol. The molecule has 1 unspecified atom stereocenters. The number of sulfonamides is 1. The zero-order chi connectivity index (χ0) is 15.3. The number of rotatable bonds is 7. The third kappa shape index (κ3) is 4.26. The third-order valence-corrected chi connectivity index (χ3v) is 4.90. The van der Waals surface area contributed by atoms with Gasteiger partial charge < -0.3 is 5.32 Å². The van der Waals surface area contributed by atoms with E-state index < -0.39 is 15.8 Å². The lowest BCUT2D eigenvalue weighted by Crippen LogP contribution is -2.29. The highest BCUT2D eigenvalue weighted by molar-refractivity contribution is 7.89. The second-order valence-electron chi connectivity index (χ2n) is 5.10. The molecule has 1 rings (SSSR count). The van der Waals surface area contributed by atoms with Crippen LogP contribution in [0.25, 0.3) is 0 Å². The molecule has 0 amide bonds. The molecule has 0 spiro atoms. The Labute approximate surface area is 120 Å². The van der Waals surface area contributed by atoms with Crippen LogP contribution < -0.4 is 10.0 Å². The monoisotopic (exact) mass is 302 g/mol. The van der Waals surface area contributed by atoms with E-state index in [-0.39, 0.29) is 16.4 Å². The fourth-order valence-electron chi connectivity index (χ4n) is 1.77. The first-order valence-corrected chi connectivity index (χ1v) is 8.23. The minimum Gasteiger partial charge on any atom is -0.316 e. The van der Waals surface area contributed by atoms with E-state index in [2.05, 4.69) is 10.0 Å². The molecule has 0 aromatic heterocycles. The van der Waals surface area contributed by atoms with Crippen molar-refractivity contribution in [3.05, 3.63) is 29.1 Å². The molecule has 0 bridgehead atoms. The highest BCUT2D eigenvalue weighted by atomic mass is 32.2. The third-order valence-electron chi connectivity index (χ3n) is 3.35. The van der Waals surface area contributed by atoms with Gasteiger partial charge in [0.1, 0.15) is 5.82 Å². The Balaban J connectivity index is 3.10. The number of hydrogen-bond acceptors (Lipinski definition) is 3. The van der Waals surface area contributed by atoms with E-state index in [1.54, 1.807) is 7.05 Å². The van der Waals surface area contributed by atoms with Gasteiger partial charge in [-0.25, -0.2) is 17.5 Å². The van der Waals surface area contributed by atoms with Gasteiger partial charge in [-0.3, -0.25) is 0 Å². The van der Waals surface area contributed by atoms with Gasteiger partial charge >= 0.3 is 0 Å². The Morgan fingerprint density at radius 1 is 1.35 bits per heavy atom. The Morgan fingerprint density at radius 3 is 2.55 bits per heavy atom. The van der Waals surface area contributed by atoms with Gasteiger partial charge in [0, 0.05) is 18.7 Å². The first-order valence-electron chi connectivity index (χ1n) is 6.75. The van der Waals surface area contributed by atoms with Crippen LogP contribution in [-0.2, 0) is 16.6 Å². The molecule has 1 atom stereocenters. The summed E-state index contributed by atoms with van der Waals surface area (Å²) in [6, 6.07) is 2.88. The zero-order valence-electron chi connectivity index (χ0n) is 12.5. The van der Waals surface area contributed by atoms with E-state index in [4.69, 9.17) is 0 Å². The summed E-state index contributed by atoms with van der Waals surface area (Å²) < 4.78 is 41.0. The van der Waals surface area contributed by atoms with Gasteiger partial charge in [-0.15, -0.1) is 0 Å². The summed E-state index contributed by atoms with van der Waals surface area (Å²) in [6.07, 6.45) is 0.885. The largest absolute Gasteiger partial charge is 0.316 e. The molecule has 1 aromatic carbocycles. The maximum absolute atomic E-state index is 13.8. The number of hydrogen-bond donors (Lipinski definition) is 2. The van der Waals surface area contributed by atoms with Crippen molar-refractivity contribution >= 4 is 10.0 Å². The van der Waals surface area contributed by atoms with E-state index in [1.807, 2.05) is 13.8 Å².